The maximum atomic E-state index is 12.9. The molecule has 0 N–H and O–H groups in total. The van der Waals surface area contributed by atoms with E-state index in [9.17, 15) is 9.18 Å². The Labute approximate surface area is 133 Å². The van der Waals surface area contributed by atoms with Crippen molar-refractivity contribution < 1.29 is 13.6 Å². The molecule has 0 bridgehead atoms. The lowest BCUT2D eigenvalue weighted by Crippen LogP contribution is -1.93. The van der Waals surface area contributed by atoms with Crippen molar-refractivity contribution >= 4 is 11.9 Å². The average molecular weight is 306 g/mol. The summed E-state index contributed by atoms with van der Waals surface area (Å²) < 4.78 is 18.6. The Morgan fingerprint density at radius 2 is 1.65 bits per heavy atom. The number of allylic oxidation sites excluding steroid dienone is 1. The summed E-state index contributed by atoms with van der Waals surface area (Å²) in [6.07, 6.45) is 3.12. The van der Waals surface area contributed by atoms with Crippen molar-refractivity contribution in [1.29, 1.82) is 0 Å². The molecule has 0 unspecified atom stereocenters. The third kappa shape index (κ3) is 3.64. The maximum Gasteiger partial charge on any atom is 0.185 e. The Balaban J connectivity index is 1.74. The van der Waals surface area contributed by atoms with E-state index < -0.39 is 0 Å². The topological polar surface area (TPSA) is 30.2 Å². The lowest BCUT2D eigenvalue weighted by molar-refractivity contribution is 0.104. The first-order valence-corrected chi connectivity index (χ1v) is 7.27. The van der Waals surface area contributed by atoms with Crippen LogP contribution in [0.15, 0.2) is 71.2 Å². The molecule has 0 radical (unpaired) electrons. The molecule has 0 saturated heterocycles. The molecular formula is C20H15FO2. The Morgan fingerprint density at radius 3 is 2.35 bits per heavy atom. The Hall–Kier alpha value is -2.94. The zero-order valence-corrected chi connectivity index (χ0v) is 12.6. The quantitative estimate of drug-likeness (QED) is 0.484. The van der Waals surface area contributed by atoms with Crippen molar-refractivity contribution in [3.8, 4) is 11.3 Å². The van der Waals surface area contributed by atoms with Gasteiger partial charge in [-0.15, -0.1) is 0 Å². The van der Waals surface area contributed by atoms with Gasteiger partial charge in [0.25, 0.3) is 0 Å². The number of carbonyl (C=O) groups excluding carboxylic acids is 1. The van der Waals surface area contributed by atoms with Crippen LogP contribution in [0.4, 0.5) is 4.39 Å². The summed E-state index contributed by atoms with van der Waals surface area (Å²) in [4.78, 5) is 12.1. The summed E-state index contributed by atoms with van der Waals surface area (Å²) in [6, 6.07) is 17.0. The first kappa shape index (κ1) is 15.0. The van der Waals surface area contributed by atoms with Crippen molar-refractivity contribution in [3.05, 3.63) is 89.4 Å². The van der Waals surface area contributed by atoms with E-state index in [4.69, 9.17) is 4.42 Å². The van der Waals surface area contributed by atoms with Crippen LogP contribution >= 0.6 is 0 Å². The van der Waals surface area contributed by atoms with Crippen LogP contribution in [-0.4, -0.2) is 5.78 Å². The van der Waals surface area contributed by atoms with Crippen LogP contribution in [0.25, 0.3) is 17.4 Å². The second-order valence-corrected chi connectivity index (χ2v) is 5.27. The molecule has 0 saturated carbocycles. The molecule has 3 aromatic rings. The highest BCUT2D eigenvalue weighted by Gasteiger charge is 2.05. The first-order valence-electron chi connectivity index (χ1n) is 7.27. The fraction of sp³-hybridized carbons (Fsp3) is 0.0500. The van der Waals surface area contributed by atoms with Crippen LogP contribution in [0.2, 0.25) is 0 Å². The number of benzene rings is 2. The van der Waals surface area contributed by atoms with Gasteiger partial charge in [0.2, 0.25) is 0 Å². The largest absolute Gasteiger partial charge is 0.457 e. The monoisotopic (exact) mass is 306 g/mol. The second kappa shape index (κ2) is 6.44. The molecule has 0 fully saturated rings. The van der Waals surface area contributed by atoms with E-state index in [0.29, 0.717) is 17.1 Å². The molecule has 0 amide bonds. The van der Waals surface area contributed by atoms with Crippen LogP contribution in [-0.2, 0) is 0 Å². The number of ketones is 1. The summed E-state index contributed by atoms with van der Waals surface area (Å²) in [5.74, 6) is 0.839. The van der Waals surface area contributed by atoms with Crippen LogP contribution in [0.3, 0.4) is 0 Å². The minimum absolute atomic E-state index is 0.0790. The van der Waals surface area contributed by atoms with Gasteiger partial charge in [-0.1, -0.05) is 29.8 Å². The molecule has 23 heavy (non-hydrogen) atoms. The highest BCUT2D eigenvalue weighted by Crippen LogP contribution is 2.23. The summed E-state index contributed by atoms with van der Waals surface area (Å²) in [5.41, 5.74) is 2.54. The van der Waals surface area contributed by atoms with Gasteiger partial charge in [-0.3, -0.25) is 4.79 Å². The molecule has 114 valence electrons. The lowest BCUT2D eigenvalue weighted by atomic mass is 10.1. The minimum Gasteiger partial charge on any atom is -0.457 e. The number of furan rings is 1. The average Bonchev–Trinajstić information content (AvgIpc) is 3.03. The SMILES string of the molecule is Cc1ccc(C(=O)/C=C/c2ccc(-c3ccc(F)cc3)o2)cc1. The minimum atomic E-state index is -0.288. The third-order valence-electron chi connectivity index (χ3n) is 3.49. The summed E-state index contributed by atoms with van der Waals surface area (Å²) in [7, 11) is 0. The molecule has 0 spiro atoms. The van der Waals surface area contributed by atoms with Gasteiger partial charge < -0.3 is 4.42 Å². The van der Waals surface area contributed by atoms with E-state index >= 15 is 0 Å². The van der Waals surface area contributed by atoms with E-state index in [1.54, 1.807) is 42.5 Å². The number of hydrogen-bond donors (Lipinski definition) is 0. The maximum absolute atomic E-state index is 12.9. The second-order valence-electron chi connectivity index (χ2n) is 5.27. The van der Waals surface area contributed by atoms with Crippen LogP contribution in [0.1, 0.15) is 21.7 Å². The summed E-state index contributed by atoms with van der Waals surface area (Å²) in [5, 5.41) is 0. The van der Waals surface area contributed by atoms with E-state index in [1.807, 2.05) is 19.1 Å². The fourth-order valence-electron chi connectivity index (χ4n) is 2.18. The smallest absolute Gasteiger partial charge is 0.185 e. The molecule has 1 aromatic heterocycles. The molecular weight excluding hydrogens is 291 g/mol. The van der Waals surface area contributed by atoms with E-state index in [2.05, 4.69) is 0 Å². The van der Waals surface area contributed by atoms with Crippen molar-refractivity contribution in [1.82, 2.24) is 0 Å². The molecule has 2 aromatic carbocycles. The molecule has 0 aliphatic carbocycles. The highest BCUT2D eigenvalue weighted by molar-refractivity contribution is 6.06. The van der Waals surface area contributed by atoms with Gasteiger partial charge in [-0.25, -0.2) is 4.39 Å². The molecule has 3 heteroatoms. The Morgan fingerprint density at radius 1 is 0.957 bits per heavy atom. The van der Waals surface area contributed by atoms with Gasteiger partial charge in [-0.2, -0.15) is 0 Å². The van der Waals surface area contributed by atoms with E-state index in [-0.39, 0.29) is 11.6 Å². The predicted molar refractivity (Wildman–Crippen MR) is 88.6 cm³/mol. The van der Waals surface area contributed by atoms with Crippen molar-refractivity contribution in [3.63, 3.8) is 0 Å². The van der Waals surface area contributed by atoms with Gasteiger partial charge in [0.1, 0.15) is 17.3 Å². The van der Waals surface area contributed by atoms with Crippen molar-refractivity contribution in [2.24, 2.45) is 0 Å². The number of rotatable bonds is 4. The van der Waals surface area contributed by atoms with Gasteiger partial charge >= 0.3 is 0 Å². The molecule has 3 rings (SSSR count). The number of carbonyl (C=O) groups is 1. The van der Waals surface area contributed by atoms with E-state index in [1.165, 1.54) is 18.2 Å². The number of aryl methyl sites for hydroxylation is 1. The zero-order valence-electron chi connectivity index (χ0n) is 12.6. The van der Waals surface area contributed by atoms with E-state index in [0.717, 1.165) is 11.1 Å². The fourth-order valence-corrected chi connectivity index (χ4v) is 2.18. The third-order valence-corrected chi connectivity index (χ3v) is 3.49. The molecule has 2 nitrogen and oxygen atoms in total. The molecule has 0 atom stereocenters. The normalized spacial score (nSPS) is 11.0. The summed E-state index contributed by atoms with van der Waals surface area (Å²) >= 11 is 0. The van der Waals surface area contributed by atoms with Crippen LogP contribution in [0.5, 0.6) is 0 Å². The molecule has 0 aliphatic heterocycles. The molecule has 1 heterocycles. The zero-order chi connectivity index (χ0) is 16.2. The number of halogens is 1. The molecule has 0 aliphatic rings. The Bertz CT molecular complexity index is 840. The number of hydrogen-bond acceptors (Lipinski definition) is 2. The van der Waals surface area contributed by atoms with Crippen molar-refractivity contribution in [2.75, 3.05) is 0 Å². The van der Waals surface area contributed by atoms with Crippen LogP contribution in [0, 0.1) is 12.7 Å². The van der Waals surface area contributed by atoms with Gasteiger partial charge in [0.05, 0.1) is 0 Å². The highest BCUT2D eigenvalue weighted by atomic mass is 19.1. The summed E-state index contributed by atoms with van der Waals surface area (Å²) in [6.45, 7) is 1.98. The predicted octanol–water partition coefficient (Wildman–Crippen LogP) is 5.29. The van der Waals surface area contributed by atoms with Crippen LogP contribution < -0.4 is 0 Å². The van der Waals surface area contributed by atoms with Gasteiger partial charge in [0.15, 0.2) is 5.78 Å². The van der Waals surface area contributed by atoms with Gasteiger partial charge in [0, 0.05) is 11.1 Å². The first-order chi connectivity index (χ1) is 11.1. The van der Waals surface area contributed by atoms with Gasteiger partial charge in [-0.05, 0) is 55.5 Å². The standard InChI is InChI=1S/C20H15FO2/c1-14-2-4-15(5-3-14)19(22)12-10-18-11-13-20(23-18)16-6-8-17(21)9-7-16/h2-13H,1H3/b12-10+. The van der Waals surface area contributed by atoms with Crippen molar-refractivity contribution in [2.45, 2.75) is 6.92 Å². The Kier molecular flexibility index (Phi) is 4.20. The lowest BCUT2D eigenvalue weighted by Gasteiger charge is -1.97.